The first-order valence-electron chi connectivity index (χ1n) is 8.75. The lowest BCUT2D eigenvalue weighted by atomic mass is 9.92. The first kappa shape index (κ1) is 16.7. The zero-order valence-corrected chi connectivity index (χ0v) is 16.0. The van der Waals surface area contributed by atoms with Crippen LogP contribution in [0.1, 0.15) is 32.6 Å². The van der Waals surface area contributed by atoms with Crippen LogP contribution in [0, 0.1) is 0 Å². The van der Waals surface area contributed by atoms with E-state index in [0.29, 0.717) is 6.54 Å². The van der Waals surface area contributed by atoms with Gasteiger partial charge >= 0.3 is 6.09 Å². The standard InChI is InChI=1S/C18H22BrN3O3/c1-11-9-22(18(23)24-11)12-3-5-13(6-4-12)25-14-7-15(19)17-16(8-14)21(2)10-20-17/h7-8,10-13H,3-6,9H2,1-2H3/t11-,12?,13?/m1/s1. The molecule has 0 spiro atoms. The van der Waals surface area contributed by atoms with Crippen LogP contribution in [-0.2, 0) is 11.8 Å². The lowest BCUT2D eigenvalue weighted by Gasteiger charge is -2.33. The second-order valence-corrected chi connectivity index (χ2v) is 7.88. The van der Waals surface area contributed by atoms with Gasteiger partial charge in [-0.05, 0) is 54.6 Å². The average Bonchev–Trinajstić information content (AvgIpc) is 3.11. The molecule has 25 heavy (non-hydrogen) atoms. The summed E-state index contributed by atoms with van der Waals surface area (Å²) in [6.45, 7) is 2.65. The summed E-state index contributed by atoms with van der Waals surface area (Å²) in [5.41, 5.74) is 1.99. The Kier molecular flexibility index (Phi) is 4.35. The predicted octanol–water partition coefficient (Wildman–Crippen LogP) is 3.87. The van der Waals surface area contributed by atoms with Gasteiger partial charge in [-0.1, -0.05) is 0 Å². The van der Waals surface area contributed by atoms with E-state index in [-0.39, 0.29) is 24.3 Å². The van der Waals surface area contributed by atoms with E-state index in [1.165, 1.54) is 0 Å². The van der Waals surface area contributed by atoms with Crippen LogP contribution in [0.2, 0.25) is 0 Å². The van der Waals surface area contributed by atoms with Crippen molar-refractivity contribution in [1.29, 1.82) is 0 Å². The van der Waals surface area contributed by atoms with Gasteiger partial charge in [-0.3, -0.25) is 0 Å². The van der Waals surface area contributed by atoms with Crippen molar-refractivity contribution in [2.45, 2.75) is 50.9 Å². The topological polar surface area (TPSA) is 56.6 Å². The second-order valence-electron chi connectivity index (χ2n) is 7.02. The van der Waals surface area contributed by atoms with Crippen molar-refractivity contribution in [3.05, 3.63) is 22.9 Å². The highest BCUT2D eigenvalue weighted by molar-refractivity contribution is 9.10. The van der Waals surface area contributed by atoms with E-state index in [1.54, 1.807) is 6.33 Å². The molecule has 1 saturated carbocycles. The van der Waals surface area contributed by atoms with Crippen LogP contribution in [-0.4, -0.2) is 45.3 Å². The Labute approximate surface area is 155 Å². The minimum Gasteiger partial charge on any atom is -0.490 e. The van der Waals surface area contributed by atoms with Crippen molar-refractivity contribution in [2.75, 3.05) is 6.54 Å². The van der Waals surface area contributed by atoms with Crippen LogP contribution in [0.5, 0.6) is 5.75 Å². The fourth-order valence-electron chi connectivity index (χ4n) is 3.83. The van der Waals surface area contributed by atoms with Crippen LogP contribution in [0.3, 0.4) is 0 Å². The molecule has 1 aromatic heterocycles. The first-order chi connectivity index (χ1) is 12.0. The minimum absolute atomic E-state index is 0.00412. The summed E-state index contributed by atoms with van der Waals surface area (Å²) in [7, 11) is 1.98. The molecule has 0 unspecified atom stereocenters. The number of aromatic nitrogens is 2. The fourth-order valence-corrected chi connectivity index (χ4v) is 4.36. The van der Waals surface area contributed by atoms with Gasteiger partial charge in [0.15, 0.2) is 0 Å². The van der Waals surface area contributed by atoms with Gasteiger partial charge in [0.25, 0.3) is 0 Å². The lowest BCUT2D eigenvalue weighted by Crippen LogP contribution is -2.40. The van der Waals surface area contributed by atoms with Crippen molar-refractivity contribution >= 4 is 33.1 Å². The number of amides is 1. The summed E-state index contributed by atoms with van der Waals surface area (Å²) in [6.07, 6.45) is 5.65. The Morgan fingerprint density at radius 3 is 2.72 bits per heavy atom. The van der Waals surface area contributed by atoms with Crippen molar-refractivity contribution in [2.24, 2.45) is 7.05 Å². The highest BCUT2D eigenvalue weighted by atomic mass is 79.9. The van der Waals surface area contributed by atoms with E-state index in [1.807, 2.05) is 35.6 Å². The van der Waals surface area contributed by atoms with Gasteiger partial charge in [-0.2, -0.15) is 0 Å². The molecular formula is C18H22BrN3O3. The van der Waals surface area contributed by atoms with Crippen LogP contribution in [0.15, 0.2) is 22.9 Å². The third kappa shape index (κ3) is 3.21. The maximum absolute atomic E-state index is 11.9. The minimum atomic E-state index is -0.164. The molecule has 134 valence electrons. The fraction of sp³-hybridized carbons (Fsp3) is 0.556. The molecule has 4 rings (SSSR count). The molecule has 7 heteroatoms. The van der Waals surface area contributed by atoms with Gasteiger partial charge in [-0.25, -0.2) is 9.78 Å². The Balaban J connectivity index is 1.40. The van der Waals surface area contributed by atoms with Gasteiger partial charge in [-0.15, -0.1) is 0 Å². The maximum Gasteiger partial charge on any atom is 0.410 e. The average molecular weight is 408 g/mol. The van der Waals surface area contributed by atoms with E-state index in [2.05, 4.69) is 20.9 Å². The summed E-state index contributed by atoms with van der Waals surface area (Å²) in [5, 5.41) is 0. The zero-order chi connectivity index (χ0) is 17.6. The first-order valence-corrected chi connectivity index (χ1v) is 9.55. The molecule has 0 N–H and O–H groups in total. The molecule has 2 aliphatic rings. The van der Waals surface area contributed by atoms with E-state index in [4.69, 9.17) is 9.47 Å². The van der Waals surface area contributed by atoms with Crippen LogP contribution in [0.25, 0.3) is 11.0 Å². The highest BCUT2D eigenvalue weighted by Gasteiger charge is 2.36. The van der Waals surface area contributed by atoms with Crippen molar-refractivity contribution in [3.63, 3.8) is 0 Å². The lowest BCUT2D eigenvalue weighted by molar-refractivity contribution is 0.0985. The molecule has 2 heterocycles. The van der Waals surface area contributed by atoms with Gasteiger partial charge < -0.3 is 18.9 Å². The number of halogens is 1. The number of imidazole rings is 1. The summed E-state index contributed by atoms with van der Waals surface area (Å²) in [6, 6.07) is 4.31. The van der Waals surface area contributed by atoms with Gasteiger partial charge in [0.2, 0.25) is 0 Å². The zero-order valence-electron chi connectivity index (χ0n) is 14.4. The number of nitrogens with zero attached hydrogens (tertiary/aromatic N) is 3. The van der Waals surface area contributed by atoms with Gasteiger partial charge in [0.05, 0.1) is 24.5 Å². The molecular weight excluding hydrogens is 386 g/mol. The quantitative estimate of drug-likeness (QED) is 0.774. The number of hydrogen-bond acceptors (Lipinski definition) is 4. The molecule has 1 amide bonds. The summed E-state index contributed by atoms with van der Waals surface area (Å²) in [4.78, 5) is 18.2. The summed E-state index contributed by atoms with van der Waals surface area (Å²) in [5.74, 6) is 0.862. The van der Waals surface area contributed by atoms with Crippen molar-refractivity contribution in [1.82, 2.24) is 14.5 Å². The van der Waals surface area contributed by atoms with E-state index < -0.39 is 0 Å². The van der Waals surface area contributed by atoms with Crippen molar-refractivity contribution < 1.29 is 14.3 Å². The van der Waals surface area contributed by atoms with Gasteiger partial charge in [0, 0.05) is 23.6 Å². The van der Waals surface area contributed by atoms with E-state index in [0.717, 1.165) is 46.9 Å². The molecule has 1 aromatic carbocycles. The van der Waals surface area contributed by atoms with Crippen LogP contribution in [0.4, 0.5) is 4.79 Å². The van der Waals surface area contributed by atoms with Gasteiger partial charge in [0.1, 0.15) is 17.4 Å². The molecule has 1 saturated heterocycles. The number of benzene rings is 1. The van der Waals surface area contributed by atoms with E-state index >= 15 is 0 Å². The molecule has 1 aliphatic carbocycles. The molecule has 2 fully saturated rings. The third-order valence-corrected chi connectivity index (χ3v) is 5.74. The number of hydrogen-bond donors (Lipinski definition) is 0. The highest BCUT2D eigenvalue weighted by Crippen LogP contribution is 2.32. The van der Waals surface area contributed by atoms with Crippen molar-refractivity contribution in [3.8, 4) is 5.75 Å². The Bertz CT molecular complexity index is 798. The second kappa shape index (κ2) is 6.52. The summed E-state index contributed by atoms with van der Waals surface area (Å²) < 4.78 is 14.4. The Morgan fingerprint density at radius 2 is 2.04 bits per heavy atom. The van der Waals surface area contributed by atoms with Crippen LogP contribution >= 0.6 is 15.9 Å². The number of fused-ring (bicyclic) bond motifs is 1. The van der Waals surface area contributed by atoms with Crippen LogP contribution < -0.4 is 4.74 Å². The smallest absolute Gasteiger partial charge is 0.410 e. The number of ether oxygens (including phenoxy) is 2. The van der Waals surface area contributed by atoms with E-state index in [9.17, 15) is 4.79 Å². The largest absolute Gasteiger partial charge is 0.490 e. The maximum atomic E-state index is 11.9. The molecule has 1 atom stereocenters. The third-order valence-electron chi connectivity index (χ3n) is 5.13. The SMILES string of the molecule is C[C@@H]1CN(C2CCC(Oc3cc(Br)c4ncn(C)c4c3)CC2)C(=O)O1. The molecule has 6 nitrogen and oxygen atoms in total. The monoisotopic (exact) mass is 407 g/mol. The molecule has 0 radical (unpaired) electrons. The normalized spacial score (nSPS) is 26.9. The number of cyclic esters (lactones) is 1. The number of aryl methyl sites for hydroxylation is 1. The summed E-state index contributed by atoms with van der Waals surface area (Å²) >= 11 is 3.58. The molecule has 1 aliphatic heterocycles. The molecule has 2 aromatic rings. The molecule has 0 bridgehead atoms. The Hall–Kier alpha value is -1.76. The predicted molar refractivity (Wildman–Crippen MR) is 97.7 cm³/mol. The Morgan fingerprint density at radius 1 is 1.28 bits per heavy atom. The number of rotatable bonds is 3. The number of carbonyl (C=O) groups is 1. The number of carbonyl (C=O) groups excluding carboxylic acids is 1.